The summed E-state index contributed by atoms with van der Waals surface area (Å²) in [5.74, 6) is -0.358. The van der Waals surface area contributed by atoms with Gasteiger partial charge in [-0.1, -0.05) is 48.5 Å². The molecule has 4 aromatic carbocycles. The molecule has 0 aliphatic carbocycles. The number of benzene rings is 4. The Balaban J connectivity index is 1.66. The van der Waals surface area contributed by atoms with E-state index in [1.54, 1.807) is 12.1 Å². The van der Waals surface area contributed by atoms with Crippen molar-refractivity contribution in [2.24, 2.45) is 0 Å². The lowest BCUT2D eigenvalue weighted by molar-refractivity contribution is 0.106. The van der Waals surface area contributed by atoms with Crippen molar-refractivity contribution in [1.82, 2.24) is 0 Å². The molecular weight excluding hydrogens is 360 g/mol. The van der Waals surface area contributed by atoms with Crippen LogP contribution in [-0.4, -0.2) is 20.4 Å². The third kappa shape index (κ3) is 3.25. The van der Waals surface area contributed by atoms with Crippen LogP contribution >= 0.6 is 11.8 Å². The minimum absolute atomic E-state index is 0.0623. The van der Waals surface area contributed by atoms with Gasteiger partial charge in [0.2, 0.25) is 10.2 Å². The Morgan fingerprint density at radius 3 is 1.30 bits per heavy atom. The molecule has 0 amide bonds. The largest absolute Gasteiger partial charge is 0.507 e. The summed E-state index contributed by atoms with van der Waals surface area (Å²) < 4.78 is 0. The normalized spacial score (nSPS) is 11.0. The van der Waals surface area contributed by atoms with Gasteiger partial charge in [0.05, 0.1) is 11.1 Å². The second-order valence-corrected chi connectivity index (χ2v) is 7.06. The highest BCUT2D eigenvalue weighted by Crippen LogP contribution is 2.32. The Morgan fingerprint density at radius 1 is 0.593 bits per heavy atom. The van der Waals surface area contributed by atoms with E-state index in [-0.39, 0.29) is 22.6 Å². The van der Waals surface area contributed by atoms with Crippen molar-refractivity contribution in [1.29, 1.82) is 0 Å². The topological polar surface area (TPSA) is 74.6 Å². The highest BCUT2D eigenvalue weighted by atomic mass is 32.2. The number of phenolic OH excluding ortho intramolecular Hbond substituents is 2. The molecule has 4 nitrogen and oxygen atoms in total. The predicted molar refractivity (Wildman–Crippen MR) is 107 cm³/mol. The standard InChI is InChI=1S/C22H14O4S/c23-19-11-15-7-3-1-5-13(15)9-17(19)21(25)27-22(26)18-10-14-6-2-4-8-16(14)12-20(18)24/h1-12,23-24H. The van der Waals surface area contributed by atoms with Crippen molar-refractivity contribution in [3.8, 4) is 11.5 Å². The summed E-state index contributed by atoms with van der Waals surface area (Å²) in [6.07, 6.45) is 0. The van der Waals surface area contributed by atoms with E-state index >= 15 is 0 Å². The van der Waals surface area contributed by atoms with Gasteiger partial charge in [-0.15, -0.1) is 0 Å². The molecule has 0 saturated carbocycles. The van der Waals surface area contributed by atoms with Crippen LogP contribution in [0.25, 0.3) is 21.5 Å². The van der Waals surface area contributed by atoms with E-state index in [1.165, 1.54) is 12.1 Å². The van der Waals surface area contributed by atoms with Gasteiger partial charge in [0, 0.05) is 0 Å². The molecule has 132 valence electrons. The van der Waals surface area contributed by atoms with Crippen molar-refractivity contribution in [2.45, 2.75) is 0 Å². The van der Waals surface area contributed by atoms with Gasteiger partial charge in [-0.25, -0.2) is 0 Å². The average Bonchev–Trinajstić information content (AvgIpc) is 2.66. The number of phenols is 2. The Hall–Kier alpha value is -3.31. The van der Waals surface area contributed by atoms with Gasteiger partial charge < -0.3 is 10.2 Å². The number of aromatic hydroxyl groups is 2. The first-order valence-corrected chi connectivity index (χ1v) is 9.04. The zero-order valence-electron chi connectivity index (χ0n) is 14.0. The molecule has 0 radical (unpaired) electrons. The molecule has 0 aliphatic rings. The van der Waals surface area contributed by atoms with Gasteiger partial charge in [-0.2, -0.15) is 0 Å². The lowest BCUT2D eigenvalue weighted by atomic mass is 10.1. The van der Waals surface area contributed by atoms with Crippen LogP contribution in [0.15, 0.2) is 72.8 Å². The highest BCUT2D eigenvalue weighted by molar-refractivity contribution is 8.27. The molecule has 27 heavy (non-hydrogen) atoms. The fourth-order valence-corrected chi connectivity index (χ4v) is 3.69. The fraction of sp³-hybridized carbons (Fsp3) is 0. The maximum Gasteiger partial charge on any atom is 0.230 e. The molecule has 0 fully saturated rings. The van der Waals surface area contributed by atoms with Crippen molar-refractivity contribution in [3.05, 3.63) is 83.9 Å². The summed E-state index contributed by atoms with van der Waals surface area (Å²) in [5.41, 5.74) is 0.125. The van der Waals surface area contributed by atoms with Gasteiger partial charge in [0.25, 0.3) is 0 Å². The average molecular weight is 374 g/mol. The summed E-state index contributed by atoms with van der Waals surface area (Å²) in [6.45, 7) is 0. The smallest absolute Gasteiger partial charge is 0.230 e. The van der Waals surface area contributed by atoms with E-state index in [0.29, 0.717) is 11.8 Å². The first-order chi connectivity index (χ1) is 13.0. The molecule has 4 rings (SSSR count). The zero-order valence-corrected chi connectivity index (χ0v) is 14.9. The van der Waals surface area contributed by atoms with E-state index in [4.69, 9.17) is 0 Å². The Bertz CT molecular complexity index is 1120. The number of carbonyl (C=O) groups excluding carboxylic acids is 2. The molecule has 0 spiro atoms. The van der Waals surface area contributed by atoms with Crippen LogP contribution in [0, 0.1) is 0 Å². The van der Waals surface area contributed by atoms with E-state index < -0.39 is 10.2 Å². The first kappa shape index (κ1) is 17.1. The van der Waals surface area contributed by atoms with Crippen molar-refractivity contribution >= 4 is 43.5 Å². The molecule has 0 unspecified atom stereocenters. The number of hydrogen-bond acceptors (Lipinski definition) is 5. The summed E-state index contributed by atoms with van der Waals surface area (Å²) in [7, 11) is 0. The second-order valence-electron chi connectivity index (χ2n) is 6.11. The van der Waals surface area contributed by atoms with Crippen LogP contribution < -0.4 is 0 Å². The third-order valence-corrected chi connectivity index (χ3v) is 5.16. The zero-order chi connectivity index (χ0) is 19.0. The Morgan fingerprint density at radius 2 is 0.926 bits per heavy atom. The molecule has 0 bridgehead atoms. The van der Waals surface area contributed by atoms with E-state index in [1.807, 2.05) is 48.5 Å². The molecule has 0 saturated heterocycles. The van der Waals surface area contributed by atoms with Gasteiger partial charge in [0.1, 0.15) is 11.5 Å². The van der Waals surface area contributed by atoms with Crippen LogP contribution in [0.1, 0.15) is 20.7 Å². The quantitative estimate of drug-likeness (QED) is 0.509. The summed E-state index contributed by atoms with van der Waals surface area (Å²) >= 11 is 0.453. The number of rotatable bonds is 2. The van der Waals surface area contributed by atoms with E-state index in [9.17, 15) is 19.8 Å². The summed E-state index contributed by atoms with van der Waals surface area (Å²) in [5, 5.41) is 22.4. The van der Waals surface area contributed by atoms with Gasteiger partial charge in [-0.3, -0.25) is 9.59 Å². The molecular formula is C22H14O4S. The number of carbonyl (C=O) groups is 2. The predicted octanol–water partition coefficient (Wildman–Crippen LogP) is 5.12. The first-order valence-electron chi connectivity index (χ1n) is 8.23. The molecule has 5 heteroatoms. The lowest BCUT2D eigenvalue weighted by Crippen LogP contribution is -2.02. The van der Waals surface area contributed by atoms with Gasteiger partial charge >= 0.3 is 0 Å². The molecule has 4 aromatic rings. The number of thioether (sulfide) groups is 1. The van der Waals surface area contributed by atoms with Crippen LogP contribution in [-0.2, 0) is 0 Å². The fourth-order valence-electron chi connectivity index (χ4n) is 2.98. The third-order valence-electron chi connectivity index (χ3n) is 4.35. The molecule has 0 heterocycles. The van der Waals surface area contributed by atoms with Crippen LogP contribution in [0.4, 0.5) is 0 Å². The molecule has 2 N–H and O–H groups in total. The van der Waals surface area contributed by atoms with Crippen LogP contribution in [0.2, 0.25) is 0 Å². The van der Waals surface area contributed by atoms with E-state index in [2.05, 4.69) is 0 Å². The van der Waals surface area contributed by atoms with E-state index in [0.717, 1.165) is 21.5 Å². The summed E-state index contributed by atoms with van der Waals surface area (Å²) in [4.78, 5) is 25.1. The number of fused-ring (bicyclic) bond motifs is 2. The Labute approximate surface area is 159 Å². The van der Waals surface area contributed by atoms with Crippen LogP contribution in [0.3, 0.4) is 0 Å². The van der Waals surface area contributed by atoms with Crippen molar-refractivity contribution < 1.29 is 19.8 Å². The number of hydrogen-bond donors (Lipinski definition) is 2. The Kier molecular flexibility index (Phi) is 4.30. The highest BCUT2D eigenvalue weighted by Gasteiger charge is 2.21. The van der Waals surface area contributed by atoms with Crippen molar-refractivity contribution in [2.75, 3.05) is 0 Å². The summed E-state index contributed by atoms with van der Waals surface area (Å²) in [6, 6.07) is 20.8. The minimum Gasteiger partial charge on any atom is -0.507 e. The van der Waals surface area contributed by atoms with Gasteiger partial charge in [-0.05, 0) is 57.6 Å². The second kappa shape index (κ2) is 6.78. The monoisotopic (exact) mass is 374 g/mol. The van der Waals surface area contributed by atoms with Gasteiger partial charge in [0.15, 0.2) is 0 Å². The minimum atomic E-state index is -0.573. The molecule has 0 atom stereocenters. The van der Waals surface area contributed by atoms with Crippen molar-refractivity contribution in [3.63, 3.8) is 0 Å². The van der Waals surface area contributed by atoms with Crippen LogP contribution in [0.5, 0.6) is 11.5 Å². The lowest BCUT2D eigenvalue weighted by Gasteiger charge is -2.07. The maximum absolute atomic E-state index is 12.6. The molecule has 0 aliphatic heterocycles. The maximum atomic E-state index is 12.6. The molecule has 0 aromatic heterocycles. The SMILES string of the molecule is O=C(SC(=O)c1cc2ccccc2cc1O)c1cc2ccccc2cc1O.